The fraction of sp³-hybridized carbons (Fsp3) is 0.500. The molecule has 3 heterocycles. The minimum atomic E-state index is 0.410. The Balaban J connectivity index is 2.05. The second-order valence-corrected chi connectivity index (χ2v) is 5.82. The van der Waals surface area contributed by atoms with E-state index < -0.39 is 0 Å². The first-order chi connectivity index (χ1) is 8.78. The van der Waals surface area contributed by atoms with Gasteiger partial charge in [0, 0.05) is 24.1 Å². The molecule has 1 aliphatic heterocycles. The van der Waals surface area contributed by atoms with Gasteiger partial charge >= 0.3 is 0 Å². The zero-order valence-corrected chi connectivity index (χ0v) is 10.9. The lowest BCUT2D eigenvalue weighted by Crippen LogP contribution is -2.37. The molecule has 1 unspecified atom stereocenters. The van der Waals surface area contributed by atoms with Crippen LogP contribution in [0.25, 0.3) is 11.0 Å². The van der Waals surface area contributed by atoms with Crippen LogP contribution in [-0.2, 0) is 0 Å². The maximum Gasteiger partial charge on any atom is 0.241 e. The zero-order valence-electron chi connectivity index (χ0n) is 10.1. The maximum atomic E-state index is 5.40. The largest absolute Gasteiger partial charge is 0.354 e. The fourth-order valence-electron chi connectivity index (χ4n) is 2.14. The van der Waals surface area contributed by atoms with E-state index in [0.29, 0.717) is 16.8 Å². The molecule has 0 bridgehead atoms. The number of nitrogens with zero attached hydrogens (tertiary/aromatic N) is 4. The third-order valence-electron chi connectivity index (χ3n) is 2.96. The van der Waals surface area contributed by atoms with Gasteiger partial charge in [-0.25, -0.2) is 5.84 Å². The Morgan fingerprint density at radius 2 is 2.44 bits per heavy atom. The Morgan fingerprint density at radius 3 is 3.22 bits per heavy atom. The van der Waals surface area contributed by atoms with Gasteiger partial charge < -0.3 is 4.90 Å². The van der Waals surface area contributed by atoms with Gasteiger partial charge in [0.25, 0.3) is 0 Å². The Labute approximate surface area is 109 Å². The Bertz CT molecular complexity index is 554. The molecule has 1 atom stereocenters. The number of aromatic amines is 1. The first-order valence-corrected chi connectivity index (χ1v) is 6.87. The van der Waals surface area contributed by atoms with Crippen LogP contribution in [0, 0.1) is 0 Å². The number of hydrogen-bond acceptors (Lipinski definition) is 7. The summed E-state index contributed by atoms with van der Waals surface area (Å²) < 4.78 is 0. The molecule has 0 aromatic carbocycles. The van der Waals surface area contributed by atoms with Crippen molar-refractivity contribution in [1.29, 1.82) is 0 Å². The molecule has 0 aliphatic carbocycles. The highest BCUT2D eigenvalue weighted by Gasteiger charge is 2.21. The Kier molecular flexibility index (Phi) is 2.96. The van der Waals surface area contributed by atoms with Crippen molar-refractivity contribution in [2.45, 2.75) is 12.2 Å². The van der Waals surface area contributed by atoms with E-state index in [-0.39, 0.29) is 0 Å². The number of rotatable bonds is 2. The molecule has 0 saturated carbocycles. The van der Waals surface area contributed by atoms with Crippen LogP contribution >= 0.6 is 11.8 Å². The molecule has 2 aromatic heterocycles. The van der Waals surface area contributed by atoms with Crippen molar-refractivity contribution in [3.8, 4) is 0 Å². The van der Waals surface area contributed by atoms with E-state index in [1.54, 1.807) is 6.20 Å². The lowest BCUT2D eigenvalue weighted by Gasteiger charge is -2.31. The molecule has 2 aromatic rings. The Morgan fingerprint density at radius 1 is 1.56 bits per heavy atom. The van der Waals surface area contributed by atoms with Gasteiger partial charge in [0.15, 0.2) is 5.65 Å². The molecule has 0 spiro atoms. The topological polar surface area (TPSA) is 95.8 Å². The molecule has 1 fully saturated rings. The molecule has 0 radical (unpaired) electrons. The smallest absolute Gasteiger partial charge is 0.241 e. The van der Waals surface area contributed by atoms with Crippen molar-refractivity contribution in [3.63, 3.8) is 0 Å². The monoisotopic (exact) mass is 265 g/mol. The maximum absolute atomic E-state index is 5.40. The third-order valence-corrected chi connectivity index (χ3v) is 4.10. The summed E-state index contributed by atoms with van der Waals surface area (Å²) in [5, 5.41) is 8.42. The summed E-state index contributed by atoms with van der Waals surface area (Å²) in [6.45, 7) is 4.19. The predicted octanol–water partition coefficient (Wildman–Crippen LogP) is 0.580. The number of H-pyrrole nitrogens is 1. The highest BCUT2D eigenvalue weighted by Crippen LogP contribution is 2.28. The number of nitrogens with one attached hydrogen (secondary N) is 2. The summed E-state index contributed by atoms with van der Waals surface area (Å²) in [6, 6.07) is 0. The first-order valence-electron chi connectivity index (χ1n) is 5.82. The van der Waals surface area contributed by atoms with E-state index in [1.807, 2.05) is 11.8 Å². The minimum Gasteiger partial charge on any atom is -0.354 e. The van der Waals surface area contributed by atoms with Crippen LogP contribution in [0.15, 0.2) is 6.20 Å². The molecular weight excluding hydrogens is 250 g/mol. The van der Waals surface area contributed by atoms with Crippen LogP contribution in [0.4, 0.5) is 11.8 Å². The van der Waals surface area contributed by atoms with Gasteiger partial charge in [0.2, 0.25) is 5.95 Å². The average molecular weight is 265 g/mol. The molecule has 3 rings (SSSR count). The number of thioether (sulfide) groups is 1. The van der Waals surface area contributed by atoms with E-state index in [0.717, 1.165) is 30.0 Å². The molecule has 1 saturated heterocycles. The van der Waals surface area contributed by atoms with Gasteiger partial charge in [0.05, 0.1) is 11.6 Å². The van der Waals surface area contributed by atoms with E-state index >= 15 is 0 Å². The summed E-state index contributed by atoms with van der Waals surface area (Å²) >= 11 is 1.99. The van der Waals surface area contributed by atoms with Gasteiger partial charge in [-0.3, -0.25) is 10.5 Å². The number of nitrogens with two attached hydrogens (primary N) is 1. The average Bonchev–Trinajstić information content (AvgIpc) is 2.85. The normalized spacial score (nSPS) is 20.3. The van der Waals surface area contributed by atoms with Crippen LogP contribution < -0.4 is 16.2 Å². The van der Waals surface area contributed by atoms with Crippen molar-refractivity contribution in [2.75, 3.05) is 29.2 Å². The lowest BCUT2D eigenvalue weighted by atomic mass is 10.3. The summed E-state index contributed by atoms with van der Waals surface area (Å²) in [4.78, 5) is 11.0. The number of hydrazine groups is 1. The standard InChI is InChI=1S/C10H15N7S/c1-6-5-17(2-3-18-6)9-7-4-12-16-8(7)13-10(14-9)15-11/h4,6H,2-3,5,11H2,1H3,(H2,12,13,14,15,16). The van der Waals surface area contributed by atoms with Crippen LogP contribution in [0.3, 0.4) is 0 Å². The van der Waals surface area contributed by atoms with Crippen LogP contribution in [0.1, 0.15) is 6.92 Å². The summed E-state index contributed by atoms with van der Waals surface area (Å²) in [7, 11) is 0. The number of nitrogen functional groups attached to an aromatic ring is 1. The number of fused-ring (bicyclic) bond motifs is 1. The SMILES string of the molecule is CC1CN(c2nc(NN)nc3[nH]ncc23)CCS1. The van der Waals surface area contributed by atoms with E-state index in [9.17, 15) is 0 Å². The van der Waals surface area contributed by atoms with Crippen LogP contribution in [0.2, 0.25) is 0 Å². The summed E-state index contributed by atoms with van der Waals surface area (Å²) in [5.41, 5.74) is 3.20. The van der Waals surface area contributed by atoms with Crippen molar-refractivity contribution in [3.05, 3.63) is 6.20 Å². The van der Waals surface area contributed by atoms with Crippen molar-refractivity contribution >= 4 is 34.6 Å². The molecule has 18 heavy (non-hydrogen) atoms. The Hall–Kier alpha value is -1.54. The molecule has 1 aliphatic rings. The highest BCUT2D eigenvalue weighted by atomic mass is 32.2. The van der Waals surface area contributed by atoms with Crippen LogP contribution in [-0.4, -0.2) is 44.3 Å². The second kappa shape index (κ2) is 4.62. The van der Waals surface area contributed by atoms with E-state index in [2.05, 4.69) is 37.4 Å². The molecular formula is C10H15N7S. The number of anilines is 2. The van der Waals surface area contributed by atoms with Gasteiger partial charge in [-0.15, -0.1) is 0 Å². The van der Waals surface area contributed by atoms with Crippen LogP contribution in [0.5, 0.6) is 0 Å². The molecule has 96 valence electrons. The predicted molar refractivity (Wildman–Crippen MR) is 73.6 cm³/mol. The van der Waals surface area contributed by atoms with Gasteiger partial charge in [-0.05, 0) is 0 Å². The molecule has 7 nitrogen and oxygen atoms in total. The first kappa shape index (κ1) is 11.5. The quantitative estimate of drug-likeness (QED) is 0.540. The minimum absolute atomic E-state index is 0.410. The van der Waals surface area contributed by atoms with E-state index in [1.165, 1.54) is 0 Å². The van der Waals surface area contributed by atoms with Crippen molar-refractivity contribution in [1.82, 2.24) is 20.2 Å². The van der Waals surface area contributed by atoms with Crippen molar-refractivity contribution in [2.24, 2.45) is 5.84 Å². The number of aromatic nitrogens is 4. The summed E-state index contributed by atoms with van der Waals surface area (Å²) in [5.74, 6) is 7.82. The lowest BCUT2D eigenvalue weighted by molar-refractivity contribution is 0.773. The summed E-state index contributed by atoms with van der Waals surface area (Å²) in [6.07, 6.45) is 1.76. The van der Waals surface area contributed by atoms with Gasteiger partial charge in [-0.1, -0.05) is 6.92 Å². The van der Waals surface area contributed by atoms with Crippen molar-refractivity contribution < 1.29 is 0 Å². The zero-order chi connectivity index (χ0) is 12.5. The van der Waals surface area contributed by atoms with E-state index in [4.69, 9.17) is 5.84 Å². The molecule has 0 amide bonds. The highest BCUT2D eigenvalue weighted by molar-refractivity contribution is 8.00. The fourth-order valence-corrected chi connectivity index (χ4v) is 3.15. The van der Waals surface area contributed by atoms with Gasteiger partial charge in [-0.2, -0.15) is 26.8 Å². The van der Waals surface area contributed by atoms with Gasteiger partial charge in [0.1, 0.15) is 5.82 Å². The third kappa shape index (κ3) is 1.97. The number of hydrogen-bond donors (Lipinski definition) is 3. The molecule has 4 N–H and O–H groups in total. The second-order valence-electron chi connectivity index (χ2n) is 4.27. The molecule has 8 heteroatoms.